The highest BCUT2D eigenvalue weighted by molar-refractivity contribution is 7.89. The second kappa shape index (κ2) is 8.58. The largest absolute Gasteiger partial charge is 0.449 e. The predicted molar refractivity (Wildman–Crippen MR) is 89.2 cm³/mol. The molecule has 0 heterocycles. The van der Waals surface area contributed by atoms with E-state index < -0.39 is 34.0 Å². The first kappa shape index (κ1) is 20.6. The number of nitrogens with zero attached hydrogens (tertiary/aromatic N) is 1. The van der Waals surface area contributed by atoms with Crippen LogP contribution in [-0.2, 0) is 19.6 Å². The summed E-state index contributed by atoms with van der Waals surface area (Å²) in [6, 6.07) is 4.24. The average Bonchev–Trinajstić information content (AvgIpc) is 2.55. The van der Waals surface area contributed by atoms with Gasteiger partial charge in [0.25, 0.3) is 5.91 Å². The standard InChI is InChI=1S/C15H21N3O6S/c1-4-18(5-2)25(22,23)12-8-6-7-11(9-12)14(20)24-10(3)13(19)17-15(16)21/h6-10H,4-5H2,1-3H3,(H3,16,17,19,21). The SMILES string of the molecule is CCN(CC)S(=O)(=O)c1cccc(C(=O)OC(C)C(=O)NC(N)=O)c1. The van der Waals surface area contributed by atoms with Crippen molar-refractivity contribution in [3.8, 4) is 0 Å². The number of ether oxygens (including phenoxy) is 1. The van der Waals surface area contributed by atoms with E-state index in [4.69, 9.17) is 10.5 Å². The Hall–Kier alpha value is -2.46. The zero-order valence-corrected chi connectivity index (χ0v) is 15.0. The van der Waals surface area contributed by atoms with Crippen molar-refractivity contribution in [2.45, 2.75) is 31.8 Å². The molecule has 1 aromatic rings. The van der Waals surface area contributed by atoms with Gasteiger partial charge in [-0.15, -0.1) is 0 Å². The van der Waals surface area contributed by atoms with E-state index in [1.165, 1.54) is 35.5 Å². The molecule has 0 fully saturated rings. The smallest absolute Gasteiger partial charge is 0.338 e. The van der Waals surface area contributed by atoms with Gasteiger partial charge < -0.3 is 10.5 Å². The fraction of sp³-hybridized carbons (Fsp3) is 0.400. The van der Waals surface area contributed by atoms with E-state index >= 15 is 0 Å². The van der Waals surface area contributed by atoms with Gasteiger partial charge in [0.15, 0.2) is 6.10 Å². The van der Waals surface area contributed by atoms with E-state index in [1.807, 2.05) is 0 Å². The van der Waals surface area contributed by atoms with Crippen LogP contribution in [0.3, 0.4) is 0 Å². The van der Waals surface area contributed by atoms with Crippen molar-refractivity contribution in [3.63, 3.8) is 0 Å². The second-order valence-electron chi connectivity index (χ2n) is 5.02. The number of urea groups is 1. The summed E-state index contributed by atoms with van der Waals surface area (Å²) < 4.78 is 31.1. The van der Waals surface area contributed by atoms with Crippen LogP contribution in [-0.4, -0.2) is 49.8 Å². The van der Waals surface area contributed by atoms with Gasteiger partial charge in [-0.2, -0.15) is 4.31 Å². The molecule has 3 amide bonds. The molecule has 10 heteroatoms. The Morgan fingerprint density at radius 1 is 1.24 bits per heavy atom. The number of nitrogens with one attached hydrogen (secondary N) is 1. The molecule has 0 bridgehead atoms. The summed E-state index contributed by atoms with van der Waals surface area (Å²) in [5.74, 6) is -1.78. The van der Waals surface area contributed by atoms with Crippen molar-refractivity contribution in [2.75, 3.05) is 13.1 Å². The molecule has 9 nitrogen and oxygen atoms in total. The predicted octanol–water partition coefficient (Wildman–Crippen LogP) is 0.457. The highest BCUT2D eigenvalue weighted by Crippen LogP contribution is 2.17. The lowest BCUT2D eigenvalue weighted by Crippen LogP contribution is -2.42. The van der Waals surface area contributed by atoms with Crippen molar-refractivity contribution in [1.82, 2.24) is 9.62 Å². The first-order valence-corrected chi connectivity index (χ1v) is 8.99. The first-order valence-electron chi connectivity index (χ1n) is 7.54. The molecule has 0 aliphatic carbocycles. The number of esters is 1. The third-order valence-electron chi connectivity index (χ3n) is 3.31. The van der Waals surface area contributed by atoms with Crippen LogP contribution in [0, 0.1) is 0 Å². The number of amides is 3. The Kier molecular flexibility index (Phi) is 7.07. The van der Waals surface area contributed by atoms with Gasteiger partial charge in [-0.1, -0.05) is 19.9 Å². The molecule has 0 saturated carbocycles. The van der Waals surface area contributed by atoms with Crippen LogP contribution in [0.25, 0.3) is 0 Å². The van der Waals surface area contributed by atoms with Gasteiger partial charge in [0.05, 0.1) is 10.5 Å². The van der Waals surface area contributed by atoms with E-state index in [-0.39, 0.29) is 23.5 Å². The zero-order chi connectivity index (χ0) is 19.2. The van der Waals surface area contributed by atoms with Crippen LogP contribution in [0.5, 0.6) is 0 Å². The molecule has 1 aromatic carbocycles. The third-order valence-corrected chi connectivity index (χ3v) is 5.36. The number of rotatable bonds is 7. The third kappa shape index (κ3) is 5.26. The summed E-state index contributed by atoms with van der Waals surface area (Å²) in [6.07, 6.45) is -1.27. The lowest BCUT2D eigenvalue weighted by Gasteiger charge is -2.18. The molecule has 0 aliphatic heterocycles. The zero-order valence-electron chi connectivity index (χ0n) is 14.2. The van der Waals surface area contributed by atoms with Crippen LogP contribution in [0.2, 0.25) is 0 Å². The maximum Gasteiger partial charge on any atom is 0.338 e. The Labute approximate surface area is 146 Å². The van der Waals surface area contributed by atoms with Crippen LogP contribution in [0.15, 0.2) is 29.2 Å². The number of benzene rings is 1. The minimum absolute atomic E-state index is 0.0352. The molecule has 0 saturated heterocycles. The van der Waals surface area contributed by atoms with E-state index in [9.17, 15) is 22.8 Å². The lowest BCUT2D eigenvalue weighted by atomic mass is 10.2. The van der Waals surface area contributed by atoms with Gasteiger partial charge >= 0.3 is 12.0 Å². The molecule has 0 aliphatic rings. The highest BCUT2D eigenvalue weighted by Gasteiger charge is 2.24. The van der Waals surface area contributed by atoms with Crippen molar-refractivity contribution in [2.24, 2.45) is 5.73 Å². The molecule has 1 unspecified atom stereocenters. The topological polar surface area (TPSA) is 136 Å². The summed E-state index contributed by atoms with van der Waals surface area (Å²) in [4.78, 5) is 34.2. The number of imide groups is 1. The number of carbonyl (C=O) groups excluding carboxylic acids is 3. The van der Waals surface area contributed by atoms with Gasteiger partial charge in [0, 0.05) is 13.1 Å². The summed E-state index contributed by atoms with van der Waals surface area (Å²) in [5, 5.41) is 1.79. The van der Waals surface area contributed by atoms with Crippen molar-refractivity contribution < 1.29 is 27.5 Å². The van der Waals surface area contributed by atoms with Crippen LogP contribution in [0.1, 0.15) is 31.1 Å². The summed E-state index contributed by atoms with van der Waals surface area (Å²) in [5.41, 5.74) is 4.78. The molecular weight excluding hydrogens is 350 g/mol. The minimum atomic E-state index is -3.73. The van der Waals surface area contributed by atoms with Gasteiger partial charge in [-0.3, -0.25) is 10.1 Å². The Bertz CT molecular complexity index is 758. The maximum atomic E-state index is 12.5. The molecular formula is C15H21N3O6S. The number of nitrogens with two attached hydrogens (primary N) is 1. The van der Waals surface area contributed by atoms with Crippen LogP contribution in [0.4, 0.5) is 4.79 Å². The lowest BCUT2D eigenvalue weighted by molar-refractivity contribution is -0.127. The minimum Gasteiger partial charge on any atom is -0.449 e. The number of hydrogen-bond donors (Lipinski definition) is 2. The van der Waals surface area contributed by atoms with E-state index in [2.05, 4.69) is 0 Å². The first-order chi connectivity index (χ1) is 11.6. The average molecular weight is 371 g/mol. The molecule has 1 rings (SSSR count). The quantitative estimate of drug-likeness (QED) is 0.668. The van der Waals surface area contributed by atoms with Gasteiger partial charge in [0.1, 0.15) is 0 Å². The normalized spacial score (nSPS) is 12.5. The van der Waals surface area contributed by atoms with Crippen LogP contribution < -0.4 is 11.1 Å². The van der Waals surface area contributed by atoms with Gasteiger partial charge in [-0.05, 0) is 25.1 Å². The summed E-state index contributed by atoms with van der Waals surface area (Å²) >= 11 is 0. The van der Waals surface area contributed by atoms with Gasteiger partial charge in [-0.25, -0.2) is 18.0 Å². The number of hydrogen-bond acceptors (Lipinski definition) is 6. The number of primary amides is 1. The molecule has 0 spiro atoms. The van der Waals surface area contributed by atoms with E-state index in [1.54, 1.807) is 19.2 Å². The fourth-order valence-electron chi connectivity index (χ4n) is 2.00. The van der Waals surface area contributed by atoms with E-state index in [0.29, 0.717) is 0 Å². The highest BCUT2D eigenvalue weighted by atomic mass is 32.2. The molecule has 0 radical (unpaired) electrons. The number of carbonyl (C=O) groups is 3. The van der Waals surface area contributed by atoms with Gasteiger partial charge in [0.2, 0.25) is 10.0 Å². The molecule has 3 N–H and O–H groups in total. The molecule has 0 aromatic heterocycles. The number of sulfonamides is 1. The Balaban J connectivity index is 2.99. The van der Waals surface area contributed by atoms with Crippen molar-refractivity contribution >= 4 is 27.9 Å². The Morgan fingerprint density at radius 2 is 1.84 bits per heavy atom. The molecule has 25 heavy (non-hydrogen) atoms. The maximum absolute atomic E-state index is 12.5. The molecule has 138 valence electrons. The van der Waals surface area contributed by atoms with E-state index in [0.717, 1.165) is 0 Å². The Morgan fingerprint density at radius 3 is 2.36 bits per heavy atom. The molecule has 1 atom stereocenters. The van der Waals surface area contributed by atoms with Crippen molar-refractivity contribution in [3.05, 3.63) is 29.8 Å². The van der Waals surface area contributed by atoms with Crippen molar-refractivity contribution in [1.29, 1.82) is 0 Å². The van der Waals surface area contributed by atoms with Crippen LogP contribution >= 0.6 is 0 Å². The monoisotopic (exact) mass is 371 g/mol. The second-order valence-corrected chi connectivity index (χ2v) is 6.96. The fourth-order valence-corrected chi connectivity index (χ4v) is 3.51. The summed E-state index contributed by atoms with van der Waals surface area (Å²) in [6.45, 7) is 5.25. The summed E-state index contributed by atoms with van der Waals surface area (Å²) in [7, 11) is -3.73.